The Kier molecular flexibility index (Phi) is 6.87. The van der Waals surface area contributed by atoms with E-state index in [4.69, 9.17) is 9.47 Å². The van der Waals surface area contributed by atoms with Gasteiger partial charge in [0.25, 0.3) is 0 Å². The molecule has 0 bridgehead atoms. The molecule has 0 saturated carbocycles. The molecule has 4 N–H and O–H groups in total. The number of carbonyl (C=O) groups is 1. The minimum Gasteiger partial charge on any atom is -0.457 e. The molecule has 1 saturated heterocycles. The van der Waals surface area contributed by atoms with Crippen LogP contribution in [0.3, 0.4) is 0 Å². The second-order valence-electron chi connectivity index (χ2n) is 7.50. The lowest BCUT2D eigenvalue weighted by atomic mass is 9.93. The highest BCUT2D eigenvalue weighted by atomic mass is 16.5. The lowest BCUT2D eigenvalue weighted by Gasteiger charge is -2.36. The molecule has 1 amide bonds. The zero-order valence-electron chi connectivity index (χ0n) is 16.5. The Morgan fingerprint density at radius 2 is 1.90 bits per heavy atom. The molecule has 3 unspecified atom stereocenters. The molecule has 1 aliphatic rings. The van der Waals surface area contributed by atoms with Crippen molar-refractivity contribution < 1.29 is 29.6 Å². The first-order valence-corrected chi connectivity index (χ1v) is 9.68. The van der Waals surface area contributed by atoms with E-state index in [1.54, 1.807) is 48.5 Å². The molecule has 0 spiro atoms. The topological polar surface area (TPSA) is 108 Å². The van der Waals surface area contributed by atoms with Gasteiger partial charge in [-0.05, 0) is 42.0 Å². The fourth-order valence-corrected chi connectivity index (χ4v) is 3.13. The Balaban J connectivity index is 1.70. The third-order valence-corrected chi connectivity index (χ3v) is 4.82. The summed E-state index contributed by atoms with van der Waals surface area (Å²) in [7, 11) is 0. The fourth-order valence-electron chi connectivity index (χ4n) is 3.13. The van der Waals surface area contributed by atoms with Crippen molar-refractivity contribution in [2.45, 2.75) is 44.7 Å². The molecule has 2 aromatic carbocycles. The molecule has 156 valence electrons. The molecule has 0 radical (unpaired) electrons. The van der Waals surface area contributed by atoms with Gasteiger partial charge in [0, 0.05) is 18.0 Å². The number of aliphatic hydroxyl groups excluding tert-OH is 3. The van der Waals surface area contributed by atoms with Crippen molar-refractivity contribution in [2.75, 3.05) is 11.9 Å². The van der Waals surface area contributed by atoms with Crippen molar-refractivity contribution in [2.24, 2.45) is 5.92 Å². The quantitative estimate of drug-likeness (QED) is 0.593. The van der Waals surface area contributed by atoms with Gasteiger partial charge in [-0.2, -0.15) is 0 Å². The first-order chi connectivity index (χ1) is 13.9. The standard InChI is InChI=1S/C22H27NO6/c1-13(2)22(27)23-15-6-8-16(9-7-15)28-17-5-3-4-14(10-17)21-20(26)19(25)11-18(12-24)29-21/h3-10,13,18-21,24-26H,11-12H2,1-2H3,(H,23,27)/t18?,19?,20?,21-/m1/s1. The lowest BCUT2D eigenvalue weighted by molar-refractivity contribution is -0.179. The average Bonchev–Trinajstić information content (AvgIpc) is 2.71. The van der Waals surface area contributed by atoms with Crippen molar-refractivity contribution in [3.8, 4) is 11.5 Å². The Labute approximate surface area is 169 Å². The van der Waals surface area contributed by atoms with Crippen molar-refractivity contribution in [3.05, 3.63) is 54.1 Å². The van der Waals surface area contributed by atoms with Gasteiger partial charge in [-0.1, -0.05) is 26.0 Å². The molecule has 29 heavy (non-hydrogen) atoms. The van der Waals surface area contributed by atoms with Crippen LogP contribution < -0.4 is 10.1 Å². The number of amides is 1. The van der Waals surface area contributed by atoms with Gasteiger partial charge >= 0.3 is 0 Å². The minimum atomic E-state index is -1.09. The number of aliphatic hydroxyl groups is 3. The molecule has 3 rings (SSSR count). The Morgan fingerprint density at radius 1 is 1.17 bits per heavy atom. The summed E-state index contributed by atoms with van der Waals surface area (Å²) in [6.45, 7) is 3.43. The van der Waals surface area contributed by atoms with Crippen LogP contribution in [-0.4, -0.2) is 46.1 Å². The van der Waals surface area contributed by atoms with Crippen molar-refractivity contribution in [3.63, 3.8) is 0 Å². The number of hydrogen-bond acceptors (Lipinski definition) is 6. The summed E-state index contributed by atoms with van der Waals surface area (Å²) in [5, 5.41) is 32.5. The first kappa shape index (κ1) is 21.3. The van der Waals surface area contributed by atoms with Crippen LogP contribution in [0.15, 0.2) is 48.5 Å². The highest BCUT2D eigenvalue weighted by molar-refractivity contribution is 5.92. The van der Waals surface area contributed by atoms with E-state index in [1.165, 1.54) is 0 Å². The predicted octanol–water partition coefficient (Wildman–Crippen LogP) is 2.62. The molecule has 1 heterocycles. The summed E-state index contributed by atoms with van der Waals surface area (Å²) >= 11 is 0. The van der Waals surface area contributed by atoms with Crippen molar-refractivity contribution >= 4 is 11.6 Å². The van der Waals surface area contributed by atoms with Crippen LogP contribution >= 0.6 is 0 Å². The van der Waals surface area contributed by atoms with E-state index >= 15 is 0 Å². The molecule has 1 aliphatic heterocycles. The molecule has 2 aromatic rings. The van der Waals surface area contributed by atoms with Gasteiger partial charge in [-0.25, -0.2) is 0 Å². The molecule has 4 atom stereocenters. The van der Waals surface area contributed by atoms with Crippen LogP contribution in [0.5, 0.6) is 11.5 Å². The maximum atomic E-state index is 11.8. The second-order valence-corrected chi connectivity index (χ2v) is 7.50. The smallest absolute Gasteiger partial charge is 0.226 e. The van der Waals surface area contributed by atoms with Gasteiger partial charge < -0.3 is 30.1 Å². The van der Waals surface area contributed by atoms with E-state index in [1.807, 2.05) is 13.8 Å². The van der Waals surface area contributed by atoms with Gasteiger partial charge in [0.05, 0.1) is 18.8 Å². The molecular formula is C22H27NO6. The minimum absolute atomic E-state index is 0.0548. The number of rotatable bonds is 6. The third-order valence-electron chi connectivity index (χ3n) is 4.82. The SMILES string of the molecule is CC(C)C(=O)Nc1ccc(Oc2cccc([C@H]3OC(CO)CC(O)C3O)c2)cc1. The van der Waals surface area contributed by atoms with Crippen LogP contribution in [0.1, 0.15) is 31.9 Å². The van der Waals surface area contributed by atoms with Gasteiger partial charge in [0.15, 0.2) is 0 Å². The molecule has 7 nitrogen and oxygen atoms in total. The second kappa shape index (κ2) is 9.37. The highest BCUT2D eigenvalue weighted by Gasteiger charge is 2.37. The molecule has 0 aromatic heterocycles. The maximum Gasteiger partial charge on any atom is 0.226 e. The molecular weight excluding hydrogens is 374 g/mol. The summed E-state index contributed by atoms with van der Waals surface area (Å²) in [5.74, 6) is 0.969. The highest BCUT2D eigenvalue weighted by Crippen LogP contribution is 2.34. The zero-order valence-corrected chi connectivity index (χ0v) is 16.5. The number of anilines is 1. The van der Waals surface area contributed by atoms with E-state index in [0.29, 0.717) is 22.7 Å². The van der Waals surface area contributed by atoms with Crippen LogP contribution in [0.25, 0.3) is 0 Å². The number of hydrogen-bond donors (Lipinski definition) is 4. The molecule has 0 aliphatic carbocycles. The van der Waals surface area contributed by atoms with E-state index in [9.17, 15) is 20.1 Å². The van der Waals surface area contributed by atoms with E-state index in [0.717, 1.165) is 0 Å². The third kappa shape index (κ3) is 5.33. The fraction of sp³-hybridized carbons (Fsp3) is 0.409. The number of carbonyl (C=O) groups excluding carboxylic acids is 1. The summed E-state index contributed by atoms with van der Waals surface area (Å²) in [4.78, 5) is 11.8. The lowest BCUT2D eigenvalue weighted by Crippen LogP contribution is -2.44. The van der Waals surface area contributed by atoms with Crippen LogP contribution in [0.2, 0.25) is 0 Å². The largest absolute Gasteiger partial charge is 0.457 e. The van der Waals surface area contributed by atoms with Crippen LogP contribution in [-0.2, 0) is 9.53 Å². The molecule has 1 fully saturated rings. The number of benzene rings is 2. The number of ether oxygens (including phenoxy) is 2. The van der Waals surface area contributed by atoms with Gasteiger partial charge in [0.1, 0.15) is 23.7 Å². The van der Waals surface area contributed by atoms with Crippen molar-refractivity contribution in [1.29, 1.82) is 0 Å². The zero-order chi connectivity index (χ0) is 21.0. The normalized spacial score (nSPS) is 24.3. The predicted molar refractivity (Wildman–Crippen MR) is 108 cm³/mol. The maximum absolute atomic E-state index is 11.8. The van der Waals surface area contributed by atoms with Gasteiger partial charge in [-0.3, -0.25) is 4.79 Å². The summed E-state index contributed by atoms with van der Waals surface area (Å²) < 4.78 is 11.6. The summed E-state index contributed by atoms with van der Waals surface area (Å²) in [5.41, 5.74) is 1.33. The van der Waals surface area contributed by atoms with Gasteiger partial charge in [0.2, 0.25) is 5.91 Å². The molecule has 7 heteroatoms. The van der Waals surface area contributed by atoms with Crippen molar-refractivity contribution in [1.82, 2.24) is 0 Å². The monoisotopic (exact) mass is 401 g/mol. The number of nitrogens with one attached hydrogen (secondary N) is 1. The van der Waals surface area contributed by atoms with E-state index in [-0.39, 0.29) is 24.9 Å². The summed E-state index contributed by atoms with van der Waals surface area (Å²) in [6, 6.07) is 14.1. The summed E-state index contributed by atoms with van der Waals surface area (Å²) in [6.07, 6.45) is -3.16. The average molecular weight is 401 g/mol. The van der Waals surface area contributed by atoms with Crippen LogP contribution in [0, 0.1) is 5.92 Å². The van der Waals surface area contributed by atoms with Crippen LogP contribution in [0.4, 0.5) is 5.69 Å². The Hall–Kier alpha value is -2.45. The Bertz CT molecular complexity index is 822. The first-order valence-electron chi connectivity index (χ1n) is 9.68. The Morgan fingerprint density at radius 3 is 2.55 bits per heavy atom. The van der Waals surface area contributed by atoms with E-state index in [2.05, 4.69) is 5.32 Å². The van der Waals surface area contributed by atoms with Gasteiger partial charge in [-0.15, -0.1) is 0 Å². The van der Waals surface area contributed by atoms with E-state index < -0.39 is 24.4 Å².